The molecule has 0 radical (unpaired) electrons. The molecular formula is C25H22N4O2. The second-order valence-corrected chi connectivity index (χ2v) is 7.79. The number of benzene rings is 2. The van der Waals surface area contributed by atoms with Crippen molar-refractivity contribution in [2.45, 2.75) is 13.0 Å². The summed E-state index contributed by atoms with van der Waals surface area (Å²) in [7, 11) is 2.03. The summed E-state index contributed by atoms with van der Waals surface area (Å²) >= 11 is 0. The zero-order chi connectivity index (χ0) is 21.5. The number of aryl methyl sites for hydroxylation is 1. The summed E-state index contributed by atoms with van der Waals surface area (Å²) in [5.74, 6) is -0.383. The highest BCUT2D eigenvalue weighted by Gasteiger charge is 2.40. The van der Waals surface area contributed by atoms with Gasteiger partial charge in [0, 0.05) is 41.0 Å². The van der Waals surface area contributed by atoms with E-state index in [1.54, 1.807) is 29.4 Å². The van der Waals surface area contributed by atoms with Crippen LogP contribution in [0.5, 0.6) is 0 Å². The molecule has 2 aromatic carbocycles. The number of amides is 2. The minimum absolute atomic E-state index is 0.0459. The van der Waals surface area contributed by atoms with Crippen molar-refractivity contribution >= 4 is 28.4 Å². The van der Waals surface area contributed by atoms with E-state index in [9.17, 15) is 9.59 Å². The first-order valence-electron chi connectivity index (χ1n) is 10.2. The molecule has 4 aromatic rings. The van der Waals surface area contributed by atoms with Crippen LogP contribution in [0.2, 0.25) is 0 Å². The Kier molecular flexibility index (Phi) is 4.55. The van der Waals surface area contributed by atoms with E-state index in [4.69, 9.17) is 0 Å². The van der Waals surface area contributed by atoms with Gasteiger partial charge in [-0.3, -0.25) is 14.6 Å². The van der Waals surface area contributed by atoms with Crippen molar-refractivity contribution in [3.8, 4) is 0 Å². The van der Waals surface area contributed by atoms with Gasteiger partial charge in [-0.15, -0.1) is 0 Å². The maximum absolute atomic E-state index is 13.3. The van der Waals surface area contributed by atoms with Crippen molar-refractivity contribution in [3.63, 3.8) is 0 Å². The van der Waals surface area contributed by atoms with Gasteiger partial charge in [-0.25, -0.2) is 0 Å². The second kappa shape index (κ2) is 7.40. The topological polar surface area (TPSA) is 67.2 Å². The minimum atomic E-state index is -0.325. The van der Waals surface area contributed by atoms with Crippen molar-refractivity contribution < 1.29 is 9.59 Å². The fourth-order valence-corrected chi connectivity index (χ4v) is 4.53. The molecule has 154 valence electrons. The molecule has 0 saturated heterocycles. The van der Waals surface area contributed by atoms with Crippen LogP contribution >= 0.6 is 0 Å². The average molecular weight is 410 g/mol. The maximum atomic E-state index is 13.3. The molecule has 2 aromatic heterocycles. The van der Waals surface area contributed by atoms with Crippen LogP contribution in [0.4, 0.5) is 5.69 Å². The Bertz CT molecular complexity index is 1310. The van der Waals surface area contributed by atoms with Gasteiger partial charge in [0.2, 0.25) is 5.91 Å². The van der Waals surface area contributed by atoms with Crippen molar-refractivity contribution in [3.05, 3.63) is 95.4 Å². The summed E-state index contributed by atoms with van der Waals surface area (Å²) in [6, 6.07) is 19.0. The van der Waals surface area contributed by atoms with E-state index in [2.05, 4.69) is 33.9 Å². The van der Waals surface area contributed by atoms with Gasteiger partial charge < -0.3 is 14.8 Å². The third-order valence-electron chi connectivity index (χ3n) is 6.04. The number of nitrogens with zero attached hydrogens (tertiary/aromatic N) is 3. The van der Waals surface area contributed by atoms with E-state index in [0.717, 1.165) is 27.7 Å². The minimum Gasteiger partial charge on any atom is -0.348 e. The molecule has 1 aliphatic rings. The summed E-state index contributed by atoms with van der Waals surface area (Å²) in [6.07, 6.45) is 3.24. The zero-order valence-electron chi connectivity index (χ0n) is 17.4. The third kappa shape index (κ3) is 3.08. The van der Waals surface area contributed by atoms with E-state index >= 15 is 0 Å². The summed E-state index contributed by atoms with van der Waals surface area (Å²) < 4.78 is 2.14. The van der Waals surface area contributed by atoms with Gasteiger partial charge in [0.1, 0.15) is 6.54 Å². The number of hydrogen-bond donors (Lipinski definition) is 1. The number of aromatic nitrogens is 2. The fourth-order valence-electron chi connectivity index (χ4n) is 4.53. The maximum Gasteiger partial charge on any atom is 0.255 e. The number of para-hydroxylation sites is 1. The Morgan fingerprint density at radius 1 is 1.06 bits per heavy atom. The van der Waals surface area contributed by atoms with Crippen molar-refractivity contribution in [2.24, 2.45) is 7.05 Å². The molecule has 0 unspecified atom stereocenters. The number of fused-ring (bicyclic) bond motifs is 2. The molecule has 0 saturated carbocycles. The number of rotatable bonds is 4. The smallest absolute Gasteiger partial charge is 0.255 e. The highest BCUT2D eigenvalue weighted by molar-refractivity contribution is 6.04. The second-order valence-electron chi connectivity index (χ2n) is 7.79. The number of hydrogen-bond acceptors (Lipinski definition) is 3. The SMILES string of the molecule is Cc1c([C@H]2c3ccccc3C(=O)N2CC(=O)Nc2cccnc2)c2ccccc2n1C. The van der Waals surface area contributed by atoms with Crippen molar-refractivity contribution in [2.75, 3.05) is 11.9 Å². The quantitative estimate of drug-likeness (QED) is 0.552. The van der Waals surface area contributed by atoms with Crippen LogP contribution < -0.4 is 5.32 Å². The first-order valence-corrected chi connectivity index (χ1v) is 10.2. The predicted molar refractivity (Wildman–Crippen MR) is 120 cm³/mol. The Morgan fingerprint density at radius 2 is 1.84 bits per heavy atom. The number of carbonyl (C=O) groups is 2. The highest BCUT2D eigenvalue weighted by Crippen LogP contribution is 2.43. The Hall–Kier alpha value is -3.93. The third-order valence-corrected chi connectivity index (χ3v) is 6.04. The lowest BCUT2D eigenvalue weighted by atomic mass is 9.95. The summed E-state index contributed by atoms with van der Waals surface area (Å²) in [5.41, 5.74) is 5.43. The lowest BCUT2D eigenvalue weighted by Crippen LogP contribution is -2.36. The van der Waals surface area contributed by atoms with Gasteiger partial charge in [-0.05, 0) is 36.8 Å². The van der Waals surface area contributed by atoms with E-state index in [1.165, 1.54) is 0 Å². The Labute approximate surface area is 180 Å². The molecule has 1 atom stereocenters. The van der Waals surface area contributed by atoms with E-state index in [1.807, 2.05) is 43.4 Å². The molecule has 31 heavy (non-hydrogen) atoms. The lowest BCUT2D eigenvalue weighted by molar-refractivity contribution is -0.117. The molecule has 0 bridgehead atoms. The predicted octanol–water partition coefficient (Wildman–Crippen LogP) is 4.07. The molecule has 1 N–H and O–H groups in total. The number of nitrogens with one attached hydrogen (secondary N) is 1. The van der Waals surface area contributed by atoms with Crippen LogP contribution in [-0.4, -0.2) is 32.8 Å². The van der Waals surface area contributed by atoms with Gasteiger partial charge >= 0.3 is 0 Å². The Balaban J connectivity index is 1.59. The molecule has 0 aliphatic carbocycles. The van der Waals surface area contributed by atoms with Crippen LogP contribution in [0.3, 0.4) is 0 Å². The van der Waals surface area contributed by atoms with E-state index in [0.29, 0.717) is 11.3 Å². The van der Waals surface area contributed by atoms with Gasteiger partial charge in [0.25, 0.3) is 5.91 Å². The lowest BCUT2D eigenvalue weighted by Gasteiger charge is -2.26. The largest absolute Gasteiger partial charge is 0.348 e. The van der Waals surface area contributed by atoms with Crippen LogP contribution in [0.25, 0.3) is 10.9 Å². The summed E-state index contributed by atoms with van der Waals surface area (Å²) in [5, 5.41) is 3.94. The van der Waals surface area contributed by atoms with E-state index < -0.39 is 0 Å². The van der Waals surface area contributed by atoms with Crippen molar-refractivity contribution in [1.29, 1.82) is 0 Å². The summed E-state index contributed by atoms with van der Waals surface area (Å²) in [4.78, 5) is 31.9. The van der Waals surface area contributed by atoms with Crippen molar-refractivity contribution in [1.82, 2.24) is 14.5 Å². The molecule has 5 rings (SSSR count). The van der Waals surface area contributed by atoms with Crippen LogP contribution in [0.1, 0.15) is 33.2 Å². The standard InChI is InChI=1S/C25H22N4O2/c1-16-23(20-11-5-6-12-21(20)28(16)2)24-18-9-3-4-10-19(18)25(31)29(24)15-22(30)27-17-8-7-13-26-14-17/h3-14,24H,15H2,1-2H3,(H,27,30)/t24-/m1/s1. The monoisotopic (exact) mass is 410 g/mol. The van der Waals surface area contributed by atoms with Crippen LogP contribution in [-0.2, 0) is 11.8 Å². The van der Waals surface area contributed by atoms with E-state index in [-0.39, 0.29) is 24.4 Å². The normalized spacial score (nSPS) is 15.4. The highest BCUT2D eigenvalue weighted by atomic mass is 16.2. The first-order chi connectivity index (χ1) is 15.1. The van der Waals surface area contributed by atoms with Crippen LogP contribution in [0.15, 0.2) is 73.1 Å². The van der Waals surface area contributed by atoms with Gasteiger partial charge in [-0.2, -0.15) is 0 Å². The number of carbonyl (C=O) groups excluding carboxylic acids is 2. The molecule has 6 heteroatoms. The van der Waals surface area contributed by atoms with Crippen LogP contribution in [0, 0.1) is 6.92 Å². The van der Waals surface area contributed by atoms with Gasteiger partial charge in [0.05, 0.1) is 17.9 Å². The molecule has 0 fully saturated rings. The molecule has 2 amide bonds. The van der Waals surface area contributed by atoms with Gasteiger partial charge in [-0.1, -0.05) is 36.4 Å². The summed E-state index contributed by atoms with van der Waals surface area (Å²) in [6.45, 7) is 2.02. The molecular weight excluding hydrogens is 388 g/mol. The Morgan fingerprint density at radius 3 is 2.65 bits per heavy atom. The van der Waals surface area contributed by atoms with Gasteiger partial charge in [0.15, 0.2) is 0 Å². The number of pyridine rings is 1. The number of anilines is 1. The molecule has 3 heterocycles. The molecule has 6 nitrogen and oxygen atoms in total. The molecule has 0 spiro atoms. The average Bonchev–Trinajstić information content (AvgIpc) is 3.20. The zero-order valence-corrected chi connectivity index (χ0v) is 17.4. The molecule has 1 aliphatic heterocycles. The first kappa shape index (κ1) is 19.1. The fraction of sp³-hybridized carbons (Fsp3) is 0.160.